The predicted molar refractivity (Wildman–Crippen MR) is 134 cm³/mol. The zero-order valence-corrected chi connectivity index (χ0v) is 21.4. The first-order valence-corrected chi connectivity index (χ1v) is 12.4. The Kier molecular flexibility index (Phi) is 8.04. The average molecular weight is 518 g/mol. The van der Waals surface area contributed by atoms with Gasteiger partial charge in [0.2, 0.25) is 0 Å². The Hall–Kier alpha value is -3.56. The molecular weight excluding hydrogens is 484 g/mol. The molecule has 0 aliphatic carbocycles. The summed E-state index contributed by atoms with van der Waals surface area (Å²) in [4.78, 5) is 29.3. The van der Waals surface area contributed by atoms with E-state index in [1.807, 2.05) is 35.2 Å². The van der Waals surface area contributed by atoms with Gasteiger partial charge in [0.25, 0.3) is 0 Å². The molecule has 2 aromatic rings. The highest BCUT2D eigenvalue weighted by Gasteiger charge is 2.39. The number of piperazine rings is 1. The molecule has 0 saturated carbocycles. The molecule has 0 spiro atoms. The monoisotopic (exact) mass is 517 g/mol. The van der Waals surface area contributed by atoms with E-state index in [0.29, 0.717) is 31.9 Å². The van der Waals surface area contributed by atoms with Crippen LogP contribution in [0.3, 0.4) is 0 Å². The molecule has 10 heteroatoms. The van der Waals surface area contributed by atoms with Gasteiger partial charge in [-0.25, -0.2) is 18.4 Å². The Morgan fingerprint density at radius 2 is 1.65 bits per heavy atom. The molecule has 2 unspecified atom stereocenters. The van der Waals surface area contributed by atoms with Gasteiger partial charge in [-0.15, -0.1) is 0 Å². The van der Waals surface area contributed by atoms with Gasteiger partial charge in [-0.05, 0) is 38.5 Å². The number of ether oxygens (including phenoxy) is 3. The normalized spacial score (nSPS) is 20.1. The van der Waals surface area contributed by atoms with E-state index >= 15 is 0 Å². The maximum Gasteiger partial charge on any atom is 0.410 e. The van der Waals surface area contributed by atoms with Crippen molar-refractivity contribution in [1.82, 2.24) is 9.80 Å². The molecule has 2 aromatic carbocycles. The molecule has 2 fully saturated rings. The smallest absolute Gasteiger partial charge is 0.410 e. The summed E-state index contributed by atoms with van der Waals surface area (Å²) in [6.07, 6.45) is -3.33. The van der Waals surface area contributed by atoms with Gasteiger partial charge in [-0.1, -0.05) is 30.3 Å². The summed E-state index contributed by atoms with van der Waals surface area (Å²) in [5, 5.41) is 0. The number of hydrogen-bond acceptors (Lipinski definition) is 6. The molecule has 0 radical (unpaired) electrons. The van der Waals surface area contributed by atoms with Crippen molar-refractivity contribution in [3.8, 4) is 5.75 Å². The van der Waals surface area contributed by atoms with Crippen molar-refractivity contribution in [2.45, 2.75) is 45.3 Å². The van der Waals surface area contributed by atoms with Crippen molar-refractivity contribution in [1.29, 1.82) is 0 Å². The van der Waals surface area contributed by atoms with Crippen LogP contribution in [0.25, 0.3) is 0 Å². The van der Waals surface area contributed by atoms with Crippen LogP contribution in [-0.4, -0.2) is 79.1 Å². The molecule has 8 nitrogen and oxygen atoms in total. The van der Waals surface area contributed by atoms with Crippen molar-refractivity contribution in [2.75, 3.05) is 44.2 Å². The van der Waals surface area contributed by atoms with Gasteiger partial charge in [0.1, 0.15) is 29.9 Å². The lowest BCUT2D eigenvalue weighted by atomic mass is 10.2. The summed E-state index contributed by atoms with van der Waals surface area (Å²) >= 11 is 0. The van der Waals surface area contributed by atoms with Crippen molar-refractivity contribution in [2.24, 2.45) is 0 Å². The third kappa shape index (κ3) is 7.02. The fourth-order valence-corrected chi connectivity index (χ4v) is 4.25. The number of anilines is 1. The van der Waals surface area contributed by atoms with E-state index in [2.05, 4.69) is 0 Å². The Morgan fingerprint density at radius 3 is 2.30 bits per heavy atom. The average Bonchev–Trinajstić information content (AvgIpc) is 3.22. The number of alkyl halides is 1. The van der Waals surface area contributed by atoms with Crippen LogP contribution in [0.2, 0.25) is 0 Å². The number of nitrogens with zero attached hydrogens (tertiary/aromatic N) is 3. The molecule has 2 saturated heterocycles. The van der Waals surface area contributed by atoms with Crippen LogP contribution < -0.4 is 9.64 Å². The van der Waals surface area contributed by atoms with Gasteiger partial charge in [-0.2, -0.15) is 0 Å². The molecule has 4 rings (SSSR count). The molecular formula is C27H33F2N3O5. The second-order valence-electron chi connectivity index (χ2n) is 10.2. The molecule has 0 aromatic heterocycles. The quantitative estimate of drug-likeness (QED) is 0.577. The van der Waals surface area contributed by atoms with Gasteiger partial charge in [0.05, 0.1) is 18.8 Å². The first-order chi connectivity index (χ1) is 17.6. The number of hydrogen-bond donors (Lipinski definition) is 0. The summed E-state index contributed by atoms with van der Waals surface area (Å²) in [5.41, 5.74) is 0.603. The minimum atomic E-state index is -1.41. The van der Waals surface area contributed by atoms with Crippen LogP contribution in [0.15, 0.2) is 48.5 Å². The molecule has 2 amide bonds. The first-order valence-electron chi connectivity index (χ1n) is 12.4. The number of benzene rings is 2. The predicted octanol–water partition coefficient (Wildman–Crippen LogP) is 4.62. The van der Waals surface area contributed by atoms with E-state index < -0.39 is 35.9 Å². The van der Waals surface area contributed by atoms with Crippen molar-refractivity contribution < 1.29 is 32.6 Å². The zero-order valence-electron chi connectivity index (χ0n) is 21.4. The van der Waals surface area contributed by atoms with Crippen LogP contribution in [0, 0.1) is 5.82 Å². The van der Waals surface area contributed by atoms with E-state index in [4.69, 9.17) is 14.2 Å². The maximum absolute atomic E-state index is 15.0. The van der Waals surface area contributed by atoms with Crippen molar-refractivity contribution in [3.63, 3.8) is 0 Å². The van der Waals surface area contributed by atoms with E-state index in [1.54, 1.807) is 37.8 Å². The molecule has 37 heavy (non-hydrogen) atoms. The lowest BCUT2D eigenvalue weighted by Crippen LogP contribution is -2.49. The standard InChI is InChI=1S/C27H33F2N3O5/c1-27(2,3)37-26(34)32-16-22(29)24(17-32)36-20-9-10-23(21(28)15-20)30-11-13-31(14-12-30)25(33)35-18-19-7-5-4-6-8-19/h4-10,15,22,24H,11-14,16-18H2,1-3H3. The Morgan fingerprint density at radius 1 is 0.946 bits per heavy atom. The van der Waals surface area contributed by atoms with Crippen LogP contribution in [0.5, 0.6) is 5.75 Å². The number of carbonyl (C=O) groups is 2. The second kappa shape index (κ2) is 11.2. The number of rotatable bonds is 5. The highest BCUT2D eigenvalue weighted by atomic mass is 19.1. The van der Waals surface area contributed by atoms with E-state index in [-0.39, 0.29) is 25.4 Å². The molecule has 0 N–H and O–H groups in total. The van der Waals surface area contributed by atoms with Gasteiger partial charge in [-0.3, -0.25) is 0 Å². The van der Waals surface area contributed by atoms with Crippen molar-refractivity contribution in [3.05, 3.63) is 59.9 Å². The second-order valence-corrected chi connectivity index (χ2v) is 10.2. The molecule has 2 aliphatic heterocycles. The third-order valence-corrected chi connectivity index (χ3v) is 6.14. The fraction of sp³-hybridized carbons (Fsp3) is 0.481. The Labute approximate surface area is 215 Å². The molecule has 2 heterocycles. The van der Waals surface area contributed by atoms with Crippen LogP contribution >= 0.6 is 0 Å². The van der Waals surface area contributed by atoms with Gasteiger partial charge in [0.15, 0.2) is 6.17 Å². The van der Waals surface area contributed by atoms with Crippen LogP contribution in [0.1, 0.15) is 26.3 Å². The fourth-order valence-electron chi connectivity index (χ4n) is 4.25. The van der Waals surface area contributed by atoms with Crippen LogP contribution in [-0.2, 0) is 16.1 Å². The zero-order chi connectivity index (χ0) is 26.6. The van der Waals surface area contributed by atoms with Crippen LogP contribution in [0.4, 0.5) is 24.1 Å². The SMILES string of the molecule is CC(C)(C)OC(=O)N1CC(F)C(Oc2ccc(N3CCN(C(=O)OCc4ccccc4)CC3)c(F)c2)C1. The van der Waals surface area contributed by atoms with E-state index in [1.165, 1.54) is 11.0 Å². The highest BCUT2D eigenvalue weighted by molar-refractivity contribution is 5.69. The third-order valence-electron chi connectivity index (χ3n) is 6.14. The number of likely N-dealkylation sites (tertiary alicyclic amines) is 1. The summed E-state index contributed by atoms with van der Waals surface area (Å²) in [7, 11) is 0. The van der Waals surface area contributed by atoms with E-state index in [0.717, 1.165) is 5.56 Å². The minimum absolute atomic E-state index is 0.0157. The largest absolute Gasteiger partial charge is 0.485 e. The number of carbonyl (C=O) groups excluding carboxylic acids is 2. The number of amides is 2. The lowest BCUT2D eigenvalue weighted by molar-refractivity contribution is 0.0273. The highest BCUT2D eigenvalue weighted by Crippen LogP contribution is 2.28. The minimum Gasteiger partial charge on any atom is -0.485 e. The van der Waals surface area contributed by atoms with E-state index in [9.17, 15) is 18.4 Å². The summed E-state index contributed by atoms with van der Waals surface area (Å²) < 4.78 is 45.8. The number of halogens is 2. The molecule has 200 valence electrons. The summed E-state index contributed by atoms with van der Waals surface area (Å²) in [5.74, 6) is -0.321. The van der Waals surface area contributed by atoms with Gasteiger partial charge in [0, 0.05) is 32.2 Å². The van der Waals surface area contributed by atoms with Gasteiger partial charge >= 0.3 is 12.2 Å². The molecule has 0 bridgehead atoms. The first kappa shape index (κ1) is 26.5. The topological polar surface area (TPSA) is 71.5 Å². The Balaban J connectivity index is 1.27. The molecule has 2 aliphatic rings. The summed E-state index contributed by atoms with van der Waals surface area (Å²) in [6, 6.07) is 13.8. The summed E-state index contributed by atoms with van der Waals surface area (Å²) in [6.45, 7) is 6.98. The lowest BCUT2D eigenvalue weighted by Gasteiger charge is -2.35. The Bertz CT molecular complexity index is 1090. The van der Waals surface area contributed by atoms with Gasteiger partial charge < -0.3 is 28.9 Å². The molecule has 2 atom stereocenters. The maximum atomic E-state index is 15.0. The van der Waals surface area contributed by atoms with Crippen molar-refractivity contribution >= 4 is 17.9 Å².